The van der Waals surface area contributed by atoms with Crippen molar-refractivity contribution in [1.82, 2.24) is 0 Å². The van der Waals surface area contributed by atoms with Crippen LogP contribution in [0.3, 0.4) is 0 Å². The average Bonchev–Trinajstić information content (AvgIpc) is 3.06. The van der Waals surface area contributed by atoms with E-state index in [1.54, 1.807) is 11.3 Å². The molecule has 3 rings (SSSR count). The molecule has 3 heteroatoms. The third-order valence-corrected chi connectivity index (χ3v) is 4.76. The summed E-state index contributed by atoms with van der Waals surface area (Å²) >= 11 is 1.61. The first-order chi connectivity index (χ1) is 10.3. The van der Waals surface area contributed by atoms with E-state index >= 15 is 0 Å². The minimum absolute atomic E-state index is 0.373. The van der Waals surface area contributed by atoms with Gasteiger partial charge < -0.3 is 10.0 Å². The van der Waals surface area contributed by atoms with E-state index in [2.05, 4.69) is 54.4 Å². The number of nitrogens with zero attached hydrogens (tertiary/aromatic N) is 1. The molecule has 2 aromatic carbocycles. The predicted molar refractivity (Wildman–Crippen MR) is 91.1 cm³/mol. The molecule has 0 amide bonds. The van der Waals surface area contributed by atoms with Gasteiger partial charge in [0, 0.05) is 29.5 Å². The molecule has 1 atom stereocenters. The van der Waals surface area contributed by atoms with Crippen molar-refractivity contribution in [2.45, 2.75) is 12.5 Å². The summed E-state index contributed by atoms with van der Waals surface area (Å²) in [5.74, 6) is 0. The zero-order chi connectivity index (χ0) is 14.7. The molecule has 0 saturated carbocycles. The summed E-state index contributed by atoms with van der Waals surface area (Å²) < 4.78 is 0. The Labute approximate surface area is 129 Å². The van der Waals surface area contributed by atoms with Crippen molar-refractivity contribution in [1.29, 1.82) is 0 Å². The van der Waals surface area contributed by atoms with Gasteiger partial charge in [-0.25, -0.2) is 0 Å². The molecule has 0 saturated heterocycles. The van der Waals surface area contributed by atoms with Crippen molar-refractivity contribution >= 4 is 27.8 Å². The van der Waals surface area contributed by atoms with E-state index in [1.165, 1.54) is 16.5 Å². The van der Waals surface area contributed by atoms with Gasteiger partial charge in [-0.2, -0.15) is 0 Å². The van der Waals surface area contributed by atoms with Crippen LogP contribution in [0.4, 0.5) is 5.69 Å². The second-order valence-corrected chi connectivity index (χ2v) is 6.22. The molecular formula is C18H19NOS. The van der Waals surface area contributed by atoms with Gasteiger partial charge >= 0.3 is 0 Å². The highest BCUT2D eigenvalue weighted by atomic mass is 32.1. The van der Waals surface area contributed by atoms with E-state index in [9.17, 15) is 5.11 Å². The Morgan fingerprint density at radius 2 is 1.86 bits per heavy atom. The highest BCUT2D eigenvalue weighted by Gasteiger charge is 2.11. The smallest absolute Gasteiger partial charge is 0.0898 e. The first kappa shape index (κ1) is 14.1. The molecule has 2 nitrogen and oxygen atoms in total. The van der Waals surface area contributed by atoms with Gasteiger partial charge in [0.25, 0.3) is 0 Å². The van der Waals surface area contributed by atoms with E-state index < -0.39 is 0 Å². The van der Waals surface area contributed by atoms with Crippen LogP contribution in [-0.2, 0) is 0 Å². The van der Waals surface area contributed by atoms with Crippen molar-refractivity contribution < 1.29 is 5.11 Å². The summed E-state index contributed by atoms with van der Waals surface area (Å²) in [5, 5.41) is 14.7. The lowest BCUT2D eigenvalue weighted by Gasteiger charge is -2.22. The van der Waals surface area contributed by atoms with Gasteiger partial charge in [-0.05, 0) is 29.3 Å². The first-order valence-electron chi connectivity index (χ1n) is 7.16. The van der Waals surface area contributed by atoms with E-state index in [4.69, 9.17) is 0 Å². The number of rotatable bonds is 5. The number of anilines is 1. The molecule has 1 N–H and O–H groups in total. The van der Waals surface area contributed by atoms with Gasteiger partial charge in [0.1, 0.15) is 0 Å². The van der Waals surface area contributed by atoms with Crippen LogP contribution in [0, 0.1) is 0 Å². The molecule has 0 aliphatic carbocycles. The monoisotopic (exact) mass is 297 g/mol. The van der Waals surface area contributed by atoms with Gasteiger partial charge in [-0.15, -0.1) is 11.3 Å². The Morgan fingerprint density at radius 1 is 1.05 bits per heavy atom. The largest absolute Gasteiger partial charge is 0.388 e. The molecule has 0 aliphatic rings. The van der Waals surface area contributed by atoms with E-state index in [0.29, 0.717) is 0 Å². The number of benzene rings is 2. The Kier molecular flexibility index (Phi) is 4.23. The van der Waals surface area contributed by atoms with Crippen LogP contribution in [0.5, 0.6) is 0 Å². The zero-order valence-electron chi connectivity index (χ0n) is 12.1. The lowest BCUT2D eigenvalue weighted by Crippen LogP contribution is -2.20. The first-order valence-corrected chi connectivity index (χ1v) is 8.04. The highest BCUT2D eigenvalue weighted by molar-refractivity contribution is 7.10. The van der Waals surface area contributed by atoms with Crippen LogP contribution in [0.1, 0.15) is 17.4 Å². The predicted octanol–water partition coefficient (Wildman–Crippen LogP) is 4.46. The van der Waals surface area contributed by atoms with E-state index in [-0.39, 0.29) is 6.10 Å². The van der Waals surface area contributed by atoms with Crippen molar-refractivity contribution in [3.63, 3.8) is 0 Å². The lowest BCUT2D eigenvalue weighted by atomic mass is 10.1. The SMILES string of the molecule is CN(CC[C@H](O)c1cccs1)c1cccc2ccccc12. The van der Waals surface area contributed by atoms with Gasteiger partial charge in [-0.3, -0.25) is 0 Å². The summed E-state index contributed by atoms with van der Waals surface area (Å²) in [7, 11) is 2.09. The minimum atomic E-state index is -0.373. The summed E-state index contributed by atoms with van der Waals surface area (Å²) in [5.41, 5.74) is 1.21. The number of fused-ring (bicyclic) bond motifs is 1. The van der Waals surface area contributed by atoms with Crippen LogP contribution < -0.4 is 4.90 Å². The minimum Gasteiger partial charge on any atom is -0.388 e. The maximum Gasteiger partial charge on any atom is 0.0898 e. The van der Waals surface area contributed by atoms with Crippen molar-refractivity contribution in [2.24, 2.45) is 0 Å². The second-order valence-electron chi connectivity index (χ2n) is 5.24. The third-order valence-electron chi connectivity index (χ3n) is 3.79. The molecule has 108 valence electrons. The zero-order valence-corrected chi connectivity index (χ0v) is 12.9. The molecule has 0 aliphatic heterocycles. The Bertz CT molecular complexity index is 703. The van der Waals surface area contributed by atoms with Crippen LogP contribution in [0.15, 0.2) is 60.0 Å². The molecule has 1 aromatic heterocycles. The van der Waals surface area contributed by atoms with E-state index in [1.807, 2.05) is 17.5 Å². The maximum absolute atomic E-state index is 10.2. The van der Waals surface area contributed by atoms with Crippen molar-refractivity contribution in [2.75, 3.05) is 18.5 Å². The summed E-state index contributed by atoms with van der Waals surface area (Å²) in [6.45, 7) is 0.826. The molecule has 0 fully saturated rings. The number of aliphatic hydroxyl groups is 1. The Hall–Kier alpha value is -1.84. The fourth-order valence-electron chi connectivity index (χ4n) is 2.60. The van der Waals surface area contributed by atoms with Gasteiger partial charge in [0.15, 0.2) is 0 Å². The number of hydrogen-bond acceptors (Lipinski definition) is 3. The van der Waals surface area contributed by atoms with Crippen LogP contribution in [0.2, 0.25) is 0 Å². The van der Waals surface area contributed by atoms with E-state index in [0.717, 1.165) is 17.8 Å². The topological polar surface area (TPSA) is 23.5 Å². The number of hydrogen-bond donors (Lipinski definition) is 1. The fourth-order valence-corrected chi connectivity index (χ4v) is 3.35. The highest BCUT2D eigenvalue weighted by Crippen LogP contribution is 2.27. The molecule has 0 spiro atoms. The molecule has 1 heterocycles. The third kappa shape index (κ3) is 3.09. The van der Waals surface area contributed by atoms with Crippen molar-refractivity contribution in [3.05, 3.63) is 64.9 Å². The van der Waals surface area contributed by atoms with Crippen LogP contribution in [0.25, 0.3) is 10.8 Å². The Morgan fingerprint density at radius 3 is 2.67 bits per heavy atom. The molecular weight excluding hydrogens is 278 g/mol. The van der Waals surface area contributed by atoms with Crippen LogP contribution >= 0.6 is 11.3 Å². The Balaban J connectivity index is 1.74. The summed E-state index contributed by atoms with van der Waals surface area (Å²) in [4.78, 5) is 3.26. The summed E-state index contributed by atoms with van der Waals surface area (Å²) in [6.07, 6.45) is 0.364. The van der Waals surface area contributed by atoms with Crippen LogP contribution in [-0.4, -0.2) is 18.7 Å². The molecule has 21 heavy (non-hydrogen) atoms. The lowest BCUT2D eigenvalue weighted by molar-refractivity contribution is 0.173. The molecule has 3 aromatic rings. The normalized spacial score (nSPS) is 12.5. The van der Waals surface area contributed by atoms with Crippen molar-refractivity contribution in [3.8, 4) is 0 Å². The summed E-state index contributed by atoms with van der Waals surface area (Å²) in [6, 6.07) is 18.7. The number of thiophene rings is 1. The molecule has 0 radical (unpaired) electrons. The fraction of sp³-hybridized carbons (Fsp3) is 0.222. The maximum atomic E-state index is 10.2. The van der Waals surface area contributed by atoms with Gasteiger partial charge in [0.2, 0.25) is 0 Å². The standard InChI is InChI=1S/C18H19NOS/c1-19(12-11-17(20)18-10-5-13-21-18)16-9-4-7-14-6-2-3-8-15(14)16/h2-10,13,17,20H,11-12H2,1H3/t17-/m0/s1. The van der Waals surface area contributed by atoms with Gasteiger partial charge in [-0.1, -0.05) is 42.5 Å². The average molecular weight is 297 g/mol. The quantitative estimate of drug-likeness (QED) is 0.751. The van der Waals surface area contributed by atoms with Gasteiger partial charge in [0.05, 0.1) is 6.10 Å². The molecule has 0 bridgehead atoms. The second kappa shape index (κ2) is 6.29. The number of aliphatic hydroxyl groups excluding tert-OH is 1. The molecule has 0 unspecified atom stereocenters.